The Morgan fingerprint density at radius 2 is 2.46 bits per heavy atom. The molecule has 72 valence electrons. The van der Waals surface area contributed by atoms with Crippen LogP contribution in [0.25, 0.3) is 0 Å². The Labute approximate surface area is 87.7 Å². The molecule has 0 spiro atoms. The first-order chi connectivity index (χ1) is 6.08. The topological polar surface area (TPSA) is 20.2 Å². The highest BCUT2D eigenvalue weighted by atomic mass is 35.5. The standard InChI is InChI=1S/C10H13ClOS/c1-3-4-6-10(2,12)9-8(11)5-7-13-9/h3,5,7,12H,1,4,6H2,2H3. The molecule has 0 aliphatic rings. The maximum atomic E-state index is 10.1. The molecule has 1 aromatic rings. The molecule has 0 saturated carbocycles. The smallest absolute Gasteiger partial charge is 0.0977 e. The van der Waals surface area contributed by atoms with Crippen molar-refractivity contribution >= 4 is 22.9 Å². The summed E-state index contributed by atoms with van der Waals surface area (Å²) in [6.45, 7) is 5.41. The zero-order chi connectivity index (χ0) is 9.90. The van der Waals surface area contributed by atoms with E-state index in [1.165, 1.54) is 11.3 Å². The van der Waals surface area contributed by atoms with Crippen molar-refractivity contribution in [1.82, 2.24) is 0 Å². The first kappa shape index (κ1) is 10.8. The summed E-state index contributed by atoms with van der Waals surface area (Å²) in [4.78, 5) is 0.844. The van der Waals surface area contributed by atoms with Gasteiger partial charge in [-0.3, -0.25) is 0 Å². The van der Waals surface area contributed by atoms with Gasteiger partial charge in [-0.15, -0.1) is 17.9 Å². The van der Waals surface area contributed by atoms with Crippen LogP contribution >= 0.6 is 22.9 Å². The van der Waals surface area contributed by atoms with Crippen molar-refractivity contribution in [1.29, 1.82) is 0 Å². The van der Waals surface area contributed by atoms with Crippen LogP contribution in [0.1, 0.15) is 24.6 Å². The Bertz CT molecular complexity index is 291. The minimum absolute atomic E-state index is 0.652. The second-order valence-corrected chi connectivity index (χ2v) is 4.52. The maximum absolute atomic E-state index is 10.1. The lowest BCUT2D eigenvalue weighted by atomic mass is 9.98. The first-order valence-electron chi connectivity index (χ1n) is 4.14. The second-order valence-electron chi connectivity index (χ2n) is 3.20. The molecule has 0 amide bonds. The highest BCUT2D eigenvalue weighted by Crippen LogP contribution is 2.35. The van der Waals surface area contributed by atoms with Crippen molar-refractivity contribution in [2.45, 2.75) is 25.4 Å². The molecule has 0 fully saturated rings. The second kappa shape index (κ2) is 4.27. The van der Waals surface area contributed by atoms with Crippen molar-refractivity contribution in [2.75, 3.05) is 0 Å². The number of halogens is 1. The van der Waals surface area contributed by atoms with Gasteiger partial charge in [0.05, 0.1) is 15.5 Å². The lowest BCUT2D eigenvalue weighted by Crippen LogP contribution is -2.19. The van der Waals surface area contributed by atoms with Crippen LogP contribution < -0.4 is 0 Å². The van der Waals surface area contributed by atoms with Gasteiger partial charge >= 0.3 is 0 Å². The lowest BCUT2D eigenvalue weighted by molar-refractivity contribution is 0.0527. The van der Waals surface area contributed by atoms with Gasteiger partial charge < -0.3 is 5.11 Å². The predicted octanol–water partition coefficient (Wildman–Crippen LogP) is 3.58. The van der Waals surface area contributed by atoms with Gasteiger partial charge in [0.1, 0.15) is 0 Å². The molecule has 0 saturated heterocycles. The van der Waals surface area contributed by atoms with Gasteiger partial charge in [0.15, 0.2) is 0 Å². The third-order valence-corrected chi connectivity index (χ3v) is 3.54. The molecule has 1 atom stereocenters. The average molecular weight is 217 g/mol. The Morgan fingerprint density at radius 3 is 2.92 bits per heavy atom. The van der Waals surface area contributed by atoms with Crippen LogP contribution in [-0.2, 0) is 5.60 Å². The van der Waals surface area contributed by atoms with E-state index in [2.05, 4.69) is 6.58 Å². The quantitative estimate of drug-likeness (QED) is 0.763. The summed E-state index contributed by atoms with van der Waals surface area (Å²) in [5, 5.41) is 12.6. The van der Waals surface area contributed by atoms with E-state index in [0.29, 0.717) is 11.4 Å². The van der Waals surface area contributed by atoms with Crippen molar-refractivity contribution in [2.24, 2.45) is 0 Å². The number of hydrogen-bond acceptors (Lipinski definition) is 2. The van der Waals surface area contributed by atoms with E-state index in [1.54, 1.807) is 13.0 Å². The van der Waals surface area contributed by atoms with Crippen LogP contribution in [-0.4, -0.2) is 5.11 Å². The van der Waals surface area contributed by atoms with E-state index in [9.17, 15) is 5.11 Å². The average Bonchev–Trinajstić information content (AvgIpc) is 2.48. The predicted molar refractivity (Wildman–Crippen MR) is 58.3 cm³/mol. The van der Waals surface area contributed by atoms with E-state index in [1.807, 2.05) is 11.4 Å². The summed E-state index contributed by atoms with van der Waals surface area (Å²) in [6.07, 6.45) is 3.26. The number of aliphatic hydroxyl groups is 1. The molecule has 3 heteroatoms. The van der Waals surface area contributed by atoms with Gasteiger partial charge in [-0.2, -0.15) is 0 Å². The minimum Gasteiger partial charge on any atom is -0.385 e. The molecular weight excluding hydrogens is 204 g/mol. The summed E-state index contributed by atoms with van der Waals surface area (Å²) in [5.41, 5.74) is -0.820. The van der Waals surface area contributed by atoms with Crippen LogP contribution in [0.4, 0.5) is 0 Å². The third-order valence-electron chi connectivity index (χ3n) is 1.94. The van der Waals surface area contributed by atoms with Crippen molar-refractivity contribution in [3.63, 3.8) is 0 Å². The number of hydrogen-bond donors (Lipinski definition) is 1. The van der Waals surface area contributed by atoms with Crippen LogP contribution in [0.3, 0.4) is 0 Å². The SMILES string of the molecule is C=CCCC(C)(O)c1sccc1Cl. The normalized spacial score (nSPS) is 15.3. The Morgan fingerprint density at radius 1 is 1.77 bits per heavy atom. The van der Waals surface area contributed by atoms with E-state index in [0.717, 1.165) is 11.3 Å². The molecule has 1 unspecified atom stereocenters. The summed E-state index contributed by atoms with van der Waals surface area (Å²) >= 11 is 7.42. The summed E-state index contributed by atoms with van der Waals surface area (Å²) < 4.78 is 0. The van der Waals surface area contributed by atoms with Gasteiger partial charge in [-0.1, -0.05) is 17.7 Å². The third kappa shape index (κ3) is 2.56. The van der Waals surface area contributed by atoms with E-state index >= 15 is 0 Å². The van der Waals surface area contributed by atoms with Crippen molar-refractivity contribution < 1.29 is 5.11 Å². The summed E-state index contributed by atoms with van der Waals surface area (Å²) in [5.74, 6) is 0. The first-order valence-corrected chi connectivity index (χ1v) is 5.40. The highest BCUT2D eigenvalue weighted by molar-refractivity contribution is 7.10. The fraction of sp³-hybridized carbons (Fsp3) is 0.400. The van der Waals surface area contributed by atoms with Gasteiger partial charge in [-0.05, 0) is 31.2 Å². The Hall–Kier alpha value is -0.310. The molecule has 1 heterocycles. The molecule has 13 heavy (non-hydrogen) atoms. The Kier molecular flexibility index (Phi) is 3.54. The van der Waals surface area contributed by atoms with Crippen LogP contribution in [0.15, 0.2) is 24.1 Å². The van der Waals surface area contributed by atoms with Crippen molar-refractivity contribution in [3.05, 3.63) is 34.0 Å². The fourth-order valence-electron chi connectivity index (χ4n) is 1.17. The van der Waals surface area contributed by atoms with E-state index < -0.39 is 5.60 Å². The van der Waals surface area contributed by atoms with Gasteiger partial charge in [-0.25, -0.2) is 0 Å². The zero-order valence-electron chi connectivity index (χ0n) is 7.59. The number of allylic oxidation sites excluding steroid dienone is 1. The van der Waals surface area contributed by atoms with E-state index in [4.69, 9.17) is 11.6 Å². The molecule has 1 nitrogen and oxygen atoms in total. The van der Waals surface area contributed by atoms with Gasteiger partial charge in [0.2, 0.25) is 0 Å². The largest absolute Gasteiger partial charge is 0.385 e. The summed E-state index contributed by atoms with van der Waals surface area (Å²) in [7, 11) is 0. The molecule has 1 N–H and O–H groups in total. The van der Waals surface area contributed by atoms with E-state index in [-0.39, 0.29) is 0 Å². The monoisotopic (exact) mass is 216 g/mol. The highest BCUT2D eigenvalue weighted by Gasteiger charge is 2.25. The van der Waals surface area contributed by atoms with Gasteiger partial charge in [0, 0.05) is 0 Å². The van der Waals surface area contributed by atoms with Crippen LogP contribution in [0, 0.1) is 0 Å². The molecule has 0 aliphatic heterocycles. The number of rotatable bonds is 4. The molecule has 0 aromatic carbocycles. The summed E-state index contributed by atoms with van der Waals surface area (Å²) in [6, 6.07) is 1.81. The number of thiophene rings is 1. The molecule has 1 rings (SSSR count). The Balaban J connectivity index is 2.80. The minimum atomic E-state index is -0.820. The van der Waals surface area contributed by atoms with Crippen LogP contribution in [0.5, 0.6) is 0 Å². The molecule has 1 aromatic heterocycles. The molecule has 0 radical (unpaired) electrons. The molecule has 0 aliphatic carbocycles. The van der Waals surface area contributed by atoms with Crippen molar-refractivity contribution in [3.8, 4) is 0 Å². The molecule has 0 bridgehead atoms. The maximum Gasteiger partial charge on any atom is 0.0977 e. The molecular formula is C10H13ClOS. The van der Waals surface area contributed by atoms with Crippen LogP contribution in [0.2, 0.25) is 5.02 Å². The fourth-order valence-corrected chi connectivity index (χ4v) is 2.53. The van der Waals surface area contributed by atoms with Gasteiger partial charge in [0.25, 0.3) is 0 Å². The zero-order valence-corrected chi connectivity index (χ0v) is 9.16. The lowest BCUT2D eigenvalue weighted by Gasteiger charge is -2.21.